The highest BCUT2D eigenvalue weighted by atomic mass is 35.5. The molecule has 1 unspecified atom stereocenters. The molecule has 0 radical (unpaired) electrons. The van der Waals surface area contributed by atoms with Crippen molar-refractivity contribution in [2.75, 3.05) is 6.26 Å². The van der Waals surface area contributed by atoms with Crippen LogP contribution in [0.4, 0.5) is 0 Å². The summed E-state index contributed by atoms with van der Waals surface area (Å²) in [5.74, 6) is 0.0608. The minimum atomic E-state index is -3.46. The van der Waals surface area contributed by atoms with Crippen LogP contribution in [0.2, 0.25) is 5.02 Å². The maximum atomic E-state index is 12.8. The molecule has 5 nitrogen and oxygen atoms in total. The van der Waals surface area contributed by atoms with Crippen LogP contribution in [0.5, 0.6) is 0 Å². The lowest BCUT2D eigenvalue weighted by atomic mass is 10.0. The van der Waals surface area contributed by atoms with Gasteiger partial charge in [-0.2, -0.15) is 0 Å². The first-order valence-electron chi connectivity index (χ1n) is 7.75. The zero-order chi connectivity index (χ0) is 18.7. The number of hydrogen-bond donors (Lipinski definition) is 1. The van der Waals surface area contributed by atoms with Gasteiger partial charge < -0.3 is 9.73 Å². The second-order valence-corrected chi connectivity index (χ2v) is 8.17. The van der Waals surface area contributed by atoms with Crippen molar-refractivity contribution in [3.63, 3.8) is 0 Å². The highest BCUT2D eigenvalue weighted by Crippen LogP contribution is 2.25. The number of hydrogen-bond acceptors (Lipinski definition) is 4. The van der Waals surface area contributed by atoms with Gasteiger partial charge in [-0.25, -0.2) is 8.42 Å². The van der Waals surface area contributed by atoms with Crippen LogP contribution < -0.4 is 5.32 Å². The Morgan fingerprint density at radius 3 is 2.42 bits per heavy atom. The molecule has 0 bridgehead atoms. The lowest BCUT2D eigenvalue weighted by molar-refractivity contribution is 0.0939. The highest BCUT2D eigenvalue weighted by molar-refractivity contribution is 7.90. The molecule has 3 aromatic rings. The van der Waals surface area contributed by atoms with Crippen molar-refractivity contribution in [3.05, 3.63) is 88.8 Å². The van der Waals surface area contributed by atoms with E-state index in [1.807, 2.05) is 30.3 Å². The lowest BCUT2D eigenvalue weighted by Gasteiger charge is -2.18. The van der Waals surface area contributed by atoms with E-state index in [0.717, 1.165) is 11.8 Å². The normalized spacial score (nSPS) is 12.5. The third kappa shape index (κ3) is 3.98. The van der Waals surface area contributed by atoms with Crippen LogP contribution >= 0.6 is 11.6 Å². The Morgan fingerprint density at radius 2 is 1.81 bits per heavy atom. The molecule has 0 aliphatic rings. The van der Waals surface area contributed by atoms with E-state index in [0.29, 0.717) is 5.76 Å². The molecule has 1 amide bonds. The maximum Gasteiger partial charge on any atom is 0.253 e. The van der Waals surface area contributed by atoms with Gasteiger partial charge >= 0.3 is 0 Å². The molecule has 1 heterocycles. The molecule has 1 N–H and O–H groups in total. The third-order valence-electron chi connectivity index (χ3n) is 3.85. The Bertz CT molecular complexity index is 1010. The van der Waals surface area contributed by atoms with Gasteiger partial charge in [-0.05, 0) is 35.9 Å². The fourth-order valence-electron chi connectivity index (χ4n) is 2.54. The lowest BCUT2D eigenvalue weighted by Crippen LogP contribution is -2.29. The van der Waals surface area contributed by atoms with Crippen LogP contribution in [-0.4, -0.2) is 20.6 Å². The summed E-state index contributed by atoms with van der Waals surface area (Å²) in [7, 11) is -3.46. The predicted molar refractivity (Wildman–Crippen MR) is 99.0 cm³/mol. The molecule has 7 heteroatoms. The number of benzene rings is 2. The van der Waals surface area contributed by atoms with Crippen molar-refractivity contribution in [2.45, 2.75) is 10.9 Å². The summed E-state index contributed by atoms with van der Waals surface area (Å²) in [5.41, 5.74) is 0.910. The summed E-state index contributed by atoms with van der Waals surface area (Å²) < 4.78 is 29.0. The molecule has 0 aliphatic heterocycles. The molecule has 0 fully saturated rings. The number of nitrogens with one attached hydrogen (secondary N) is 1. The van der Waals surface area contributed by atoms with Crippen LogP contribution in [-0.2, 0) is 9.84 Å². The summed E-state index contributed by atoms with van der Waals surface area (Å²) in [6.45, 7) is 0. The van der Waals surface area contributed by atoms with Crippen molar-refractivity contribution >= 4 is 27.3 Å². The average Bonchev–Trinajstić information content (AvgIpc) is 3.14. The Hall–Kier alpha value is -2.57. The summed E-state index contributed by atoms with van der Waals surface area (Å²) >= 11 is 6.12. The Labute approximate surface area is 156 Å². The number of halogens is 1. The number of amides is 1. The van der Waals surface area contributed by atoms with Gasteiger partial charge in [-0.15, -0.1) is 0 Å². The first kappa shape index (κ1) is 18.2. The fourth-order valence-corrected chi connectivity index (χ4v) is 3.39. The van der Waals surface area contributed by atoms with Crippen LogP contribution in [0.3, 0.4) is 0 Å². The molecule has 0 aliphatic carbocycles. The molecular weight excluding hydrogens is 374 g/mol. The number of carbonyl (C=O) groups is 1. The van der Waals surface area contributed by atoms with Crippen molar-refractivity contribution in [2.24, 2.45) is 0 Å². The van der Waals surface area contributed by atoms with Crippen LogP contribution in [0.25, 0.3) is 0 Å². The first-order valence-corrected chi connectivity index (χ1v) is 10.0. The second kappa shape index (κ2) is 7.35. The second-order valence-electron chi connectivity index (χ2n) is 5.75. The van der Waals surface area contributed by atoms with Crippen LogP contribution in [0, 0.1) is 0 Å². The molecule has 2 aromatic carbocycles. The highest BCUT2D eigenvalue weighted by Gasteiger charge is 2.22. The largest absolute Gasteiger partial charge is 0.467 e. The van der Waals surface area contributed by atoms with Crippen molar-refractivity contribution in [3.8, 4) is 0 Å². The van der Waals surface area contributed by atoms with Crippen molar-refractivity contribution < 1.29 is 17.6 Å². The van der Waals surface area contributed by atoms with Gasteiger partial charge in [0.15, 0.2) is 9.84 Å². The van der Waals surface area contributed by atoms with Gasteiger partial charge in [-0.3, -0.25) is 4.79 Å². The van der Waals surface area contributed by atoms with E-state index in [4.69, 9.17) is 16.0 Å². The van der Waals surface area contributed by atoms with Gasteiger partial charge in [-0.1, -0.05) is 41.9 Å². The van der Waals surface area contributed by atoms with E-state index in [2.05, 4.69) is 5.32 Å². The number of sulfone groups is 1. The maximum absolute atomic E-state index is 12.8. The molecule has 134 valence electrons. The van der Waals surface area contributed by atoms with Crippen LogP contribution in [0.1, 0.15) is 27.7 Å². The van der Waals surface area contributed by atoms with Gasteiger partial charge in [0.1, 0.15) is 11.8 Å². The number of carbonyl (C=O) groups excluding carboxylic acids is 1. The topological polar surface area (TPSA) is 76.4 Å². The van der Waals surface area contributed by atoms with Gasteiger partial charge in [0, 0.05) is 6.26 Å². The van der Waals surface area contributed by atoms with Gasteiger partial charge in [0.2, 0.25) is 0 Å². The average molecular weight is 390 g/mol. The molecule has 0 saturated carbocycles. The van der Waals surface area contributed by atoms with Gasteiger partial charge in [0.25, 0.3) is 5.91 Å². The summed E-state index contributed by atoms with van der Waals surface area (Å²) in [5, 5.41) is 3.03. The Kier molecular flexibility index (Phi) is 5.15. The monoisotopic (exact) mass is 389 g/mol. The Morgan fingerprint density at radius 1 is 1.08 bits per heavy atom. The Balaban J connectivity index is 1.97. The summed E-state index contributed by atoms with van der Waals surface area (Å²) in [4.78, 5) is 12.8. The minimum absolute atomic E-state index is 0.0290. The van der Waals surface area contributed by atoms with E-state index >= 15 is 0 Å². The van der Waals surface area contributed by atoms with Gasteiger partial charge in [0.05, 0.1) is 21.7 Å². The zero-order valence-electron chi connectivity index (χ0n) is 13.8. The summed E-state index contributed by atoms with van der Waals surface area (Å²) in [6.07, 6.45) is 2.60. The van der Waals surface area contributed by atoms with Crippen molar-refractivity contribution in [1.29, 1.82) is 0 Å². The smallest absolute Gasteiger partial charge is 0.253 e. The number of furan rings is 1. The molecule has 3 rings (SSSR count). The standard InChI is InChI=1S/C19H16ClNO4S/c1-26(23,24)14-9-10-16(20)15(12-14)19(22)21-18(17-8-5-11-25-17)13-6-3-2-4-7-13/h2-12,18H,1H3,(H,21,22). The van der Waals surface area contributed by atoms with E-state index in [9.17, 15) is 13.2 Å². The fraction of sp³-hybridized carbons (Fsp3) is 0.105. The van der Waals surface area contributed by atoms with E-state index in [1.165, 1.54) is 24.5 Å². The van der Waals surface area contributed by atoms with E-state index < -0.39 is 21.8 Å². The quantitative estimate of drug-likeness (QED) is 0.718. The third-order valence-corrected chi connectivity index (χ3v) is 5.29. The first-order chi connectivity index (χ1) is 12.4. The molecule has 1 atom stereocenters. The molecule has 26 heavy (non-hydrogen) atoms. The molecule has 0 saturated heterocycles. The summed E-state index contributed by atoms with van der Waals surface area (Å²) in [6, 6.07) is 16.3. The molecule has 1 aromatic heterocycles. The molecule has 0 spiro atoms. The molecular formula is C19H16ClNO4S. The van der Waals surface area contributed by atoms with E-state index in [1.54, 1.807) is 12.1 Å². The zero-order valence-corrected chi connectivity index (χ0v) is 15.4. The minimum Gasteiger partial charge on any atom is -0.467 e. The van der Waals surface area contributed by atoms with Crippen molar-refractivity contribution in [1.82, 2.24) is 5.32 Å². The van der Waals surface area contributed by atoms with Crippen LogP contribution in [0.15, 0.2) is 76.2 Å². The van der Waals surface area contributed by atoms with E-state index in [-0.39, 0.29) is 15.5 Å². The number of rotatable bonds is 5. The predicted octanol–water partition coefficient (Wildman–Crippen LogP) is 3.86. The SMILES string of the molecule is CS(=O)(=O)c1ccc(Cl)c(C(=O)NC(c2ccccc2)c2ccco2)c1.